The van der Waals surface area contributed by atoms with Gasteiger partial charge in [-0.1, -0.05) is 32.4 Å². The molecule has 2 heterocycles. The van der Waals surface area contributed by atoms with Crippen molar-refractivity contribution in [2.45, 2.75) is 39.7 Å². The Kier molecular flexibility index (Phi) is 4.77. The molecule has 1 unspecified atom stereocenters. The summed E-state index contributed by atoms with van der Waals surface area (Å²) in [5.41, 5.74) is -0.338. The number of hydrogen-bond acceptors (Lipinski definition) is 3. The normalized spacial score (nSPS) is 19.5. The maximum atomic E-state index is 12.4. The molecular formula is C16H24ClN3O. The van der Waals surface area contributed by atoms with Gasteiger partial charge in [0.05, 0.1) is 5.02 Å². The molecule has 21 heavy (non-hydrogen) atoms. The van der Waals surface area contributed by atoms with Gasteiger partial charge in [-0.05, 0) is 25.0 Å². The molecule has 1 atom stereocenters. The second-order valence-electron chi connectivity index (χ2n) is 6.74. The Morgan fingerprint density at radius 3 is 2.71 bits per heavy atom. The zero-order valence-electron chi connectivity index (χ0n) is 13.3. The van der Waals surface area contributed by atoms with Crippen molar-refractivity contribution in [1.82, 2.24) is 9.88 Å². The van der Waals surface area contributed by atoms with Gasteiger partial charge >= 0.3 is 0 Å². The van der Waals surface area contributed by atoms with Gasteiger partial charge < -0.3 is 9.80 Å². The van der Waals surface area contributed by atoms with Gasteiger partial charge in [0.25, 0.3) is 0 Å². The van der Waals surface area contributed by atoms with E-state index in [4.69, 9.17) is 11.6 Å². The Morgan fingerprint density at radius 1 is 1.43 bits per heavy atom. The molecule has 0 aliphatic carbocycles. The van der Waals surface area contributed by atoms with E-state index in [9.17, 15) is 4.79 Å². The number of piperidine rings is 1. The van der Waals surface area contributed by atoms with E-state index in [0.717, 1.165) is 31.7 Å². The maximum Gasteiger partial charge on any atom is 0.227 e. The number of rotatable bonds is 2. The summed E-state index contributed by atoms with van der Waals surface area (Å²) < 4.78 is 0. The van der Waals surface area contributed by atoms with Crippen LogP contribution in [0.15, 0.2) is 18.3 Å². The fraction of sp³-hybridized carbons (Fsp3) is 0.625. The fourth-order valence-corrected chi connectivity index (χ4v) is 2.84. The van der Waals surface area contributed by atoms with Crippen LogP contribution in [-0.4, -0.2) is 42.0 Å². The predicted molar refractivity (Wildman–Crippen MR) is 86.7 cm³/mol. The van der Waals surface area contributed by atoms with Crippen LogP contribution in [0.2, 0.25) is 5.02 Å². The van der Waals surface area contributed by atoms with Crippen molar-refractivity contribution >= 4 is 23.3 Å². The number of aromatic nitrogens is 1. The number of hydrogen-bond donors (Lipinski definition) is 0. The molecule has 0 radical (unpaired) electrons. The molecule has 4 nitrogen and oxygen atoms in total. The van der Waals surface area contributed by atoms with Crippen LogP contribution in [0, 0.1) is 5.41 Å². The van der Waals surface area contributed by atoms with Crippen LogP contribution >= 0.6 is 11.6 Å². The van der Waals surface area contributed by atoms with E-state index in [0.29, 0.717) is 5.02 Å². The lowest BCUT2D eigenvalue weighted by atomic mass is 9.93. The largest absolute Gasteiger partial charge is 0.355 e. The average molecular weight is 310 g/mol. The first-order valence-electron chi connectivity index (χ1n) is 7.43. The third-order valence-corrected chi connectivity index (χ3v) is 4.17. The van der Waals surface area contributed by atoms with Crippen molar-refractivity contribution in [1.29, 1.82) is 0 Å². The molecule has 1 aromatic heterocycles. The molecule has 5 heteroatoms. The van der Waals surface area contributed by atoms with Crippen molar-refractivity contribution in [2.75, 3.05) is 25.0 Å². The molecule has 0 saturated carbocycles. The number of likely N-dealkylation sites (N-methyl/N-ethyl adjacent to an activating group) is 1. The number of amides is 1. The monoisotopic (exact) mass is 309 g/mol. The van der Waals surface area contributed by atoms with Gasteiger partial charge in [0.2, 0.25) is 5.91 Å². The lowest BCUT2D eigenvalue weighted by Gasteiger charge is -2.40. The Bertz CT molecular complexity index is 495. The first-order chi connectivity index (χ1) is 9.79. The Hall–Kier alpha value is -1.29. The topological polar surface area (TPSA) is 36.4 Å². The van der Waals surface area contributed by atoms with Gasteiger partial charge in [-0.25, -0.2) is 4.98 Å². The Labute approximate surface area is 132 Å². The van der Waals surface area contributed by atoms with Crippen LogP contribution in [0.1, 0.15) is 33.6 Å². The predicted octanol–water partition coefficient (Wildman–Crippen LogP) is 3.21. The summed E-state index contributed by atoms with van der Waals surface area (Å²) in [6.45, 7) is 7.70. The molecule has 0 bridgehead atoms. The number of halogens is 1. The number of nitrogens with zero attached hydrogens (tertiary/aromatic N) is 3. The zero-order chi connectivity index (χ0) is 15.6. The third kappa shape index (κ3) is 3.88. The molecule has 116 valence electrons. The highest BCUT2D eigenvalue weighted by Crippen LogP contribution is 2.24. The van der Waals surface area contributed by atoms with E-state index in [2.05, 4.69) is 9.88 Å². The highest BCUT2D eigenvalue weighted by Gasteiger charge is 2.32. The summed E-state index contributed by atoms with van der Waals surface area (Å²) in [4.78, 5) is 20.9. The maximum absolute atomic E-state index is 12.4. The summed E-state index contributed by atoms with van der Waals surface area (Å²) in [6, 6.07) is 4.04. The van der Waals surface area contributed by atoms with Crippen LogP contribution in [0.5, 0.6) is 0 Å². The lowest BCUT2D eigenvalue weighted by molar-refractivity contribution is -0.140. The summed E-state index contributed by atoms with van der Waals surface area (Å²) in [5, 5.41) is 0.646. The van der Waals surface area contributed by atoms with E-state index in [1.807, 2.05) is 44.9 Å². The molecule has 1 saturated heterocycles. The smallest absolute Gasteiger partial charge is 0.227 e. The standard InChI is InChI=1S/C16H24ClN3O/c1-16(2,3)15(21)19(4)13-6-5-9-20(11-13)14-8-7-12(17)10-18-14/h7-8,10,13H,5-6,9,11H2,1-4H3. The van der Waals surface area contributed by atoms with Crippen molar-refractivity contribution in [3.8, 4) is 0 Å². The number of pyridine rings is 1. The van der Waals surface area contributed by atoms with E-state index >= 15 is 0 Å². The Balaban J connectivity index is 2.07. The van der Waals surface area contributed by atoms with Gasteiger partial charge in [0, 0.05) is 37.8 Å². The van der Waals surface area contributed by atoms with Gasteiger partial charge in [-0.3, -0.25) is 4.79 Å². The van der Waals surface area contributed by atoms with Crippen molar-refractivity contribution in [3.63, 3.8) is 0 Å². The molecule has 1 amide bonds. The van der Waals surface area contributed by atoms with E-state index < -0.39 is 0 Å². The first kappa shape index (κ1) is 16.1. The third-order valence-electron chi connectivity index (χ3n) is 3.94. The molecule has 1 aliphatic heterocycles. The number of carbonyl (C=O) groups excluding carboxylic acids is 1. The van der Waals surface area contributed by atoms with Crippen LogP contribution in [0.4, 0.5) is 5.82 Å². The lowest BCUT2D eigenvalue weighted by Crippen LogP contribution is -2.51. The van der Waals surface area contributed by atoms with Crippen LogP contribution in [-0.2, 0) is 4.79 Å². The number of carbonyl (C=O) groups is 1. The van der Waals surface area contributed by atoms with Gasteiger partial charge in [-0.15, -0.1) is 0 Å². The number of anilines is 1. The fourth-order valence-electron chi connectivity index (χ4n) is 2.73. The molecule has 1 aromatic rings. The minimum absolute atomic E-state index is 0.193. The second kappa shape index (κ2) is 6.22. The van der Waals surface area contributed by atoms with Crippen molar-refractivity contribution < 1.29 is 4.79 Å². The van der Waals surface area contributed by atoms with Crippen LogP contribution in [0.25, 0.3) is 0 Å². The quantitative estimate of drug-likeness (QED) is 0.841. The van der Waals surface area contributed by atoms with Gasteiger partial charge in [-0.2, -0.15) is 0 Å². The second-order valence-corrected chi connectivity index (χ2v) is 7.18. The summed E-state index contributed by atoms with van der Waals surface area (Å²) in [5.74, 6) is 1.12. The zero-order valence-corrected chi connectivity index (χ0v) is 14.0. The summed E-state index contributed by atoms with van der Waals surface area (Å²) in [6.07, 6.45) is 3.78. The van der Waals surface area contributed by atoms with E-state index in [1.165, 1.54) is 0 Å². The van der Waals surface area contributed by atoms with Crippen molar-refractivity contribution in [3.05, 3.63) is 23.4 Å². The van der Waals surface area contributed by atoms with Crippen LogP contribution < -0.4 is 4.90 Å². The highest BCUT2D eigenvalue weighted by molar-refractivity contribution is 6.30. The minimum Gasteiger partial charge on any atom is -0.355 e. The molecule has 0 spiro atoms. The molecule has 1 fully saturated rings. The molecule has 2 rings (SSSR count). The average Bonchev–Trinajstić information content (AvgIpc) is 2.45. The summed E-state index contributed by atoms with van der Waals surface area (Å²) >= 11 is 5.89. The van der Waals surface area contributed by atoms with E-state index in [-0.39, 0.29) is 17.4 Å². The van der Waals surface area contributed by atoms with Crippen molar-refractivity contribution in [2.24, 2.45) is 5.41 Å². The molecular weight excluding hydrogens is 286 g/mol. The first-order valence-corrected chi connectivity index (χ1v) is 7.80. The minimum atomic E-state index is -0.338. The highest BCUT2D eigenvalue weighted by atomic mass is 35.5. The molecule has 0 N–H and O–H groups in total. The van der Waals surface area contributed by atoms with Gasteiger partial charge in [0.1, 0.15) is 5.82 Å². The van der Waals surface area contributed by atoms with E-state index in [1.54, 1.807) is 6.20 Å². The molecule has 1 aliphatic rings. The van der Waals surface area contributed by atoms with Crippen LogP contribution in [0.3, 0.4) is 0 Å². The summed E-state index contributed by atoms with van der Waals surface area (Å²) in [7, 11) is 1.91. The Morgan fingerprint density at radius 2 is 2.14 bits per heavy atom. The van der Waals surface area contributed by atoms with Gasteiger partial charge in [0.15, 0.2) is 0 Å². The SMILES string of the molecule is CN(C(=O)C(C)(C)C)C1CCCN(c2ccc(Cl)cn2)C1. The molecule has 0 aromatic carbocycles.